The first-order valence-electron chi connectivity index (χ1n) is 9.25. The summed E-state index contributed by atoms with van der Waals surface area (Å²) in [4.78, 5) is 30.0. The van der Waals surface area contributed by atoms with Gasteiger partial charge in [-0.15, -0.1) is 0 Å². The van der Waals surface area contributed by atoms with Crippen molar-refractivity contribution in [1.29, 1.82) is 0 Å². The molecule has 0 aromatic heterocycles. The molecule has 2 amide bonds. The number of hydrogen-bond acceptors (Lipinski definition) is 6. The van der Waals surface area contributed by atoms with Gasteiger partial charge in [-0.25, -0.2) is 13.2 Å². The minimum atomic E-state index is -3.12. The van der Waals surface area contributed by atoms with E-state index in [2.05, 4.69) is 10.3 Å². The highest BCUT2D eigenvalue weighted by Crippen LogP contribution is 2.40. The first kappa shape index (κ1) is 21.6. The van der Waals surface area contributed by atoms with Crippen molar-refractivity contribution in [2.45, 2.75) is 44.6 Å². The molecule has 1 N–H and O–H groups in total. The van der Waals surface area contributed by atoms with Gasteiger partial charge in [0.1, 0.15) is 12.1 Å². The lowest BCUT2D eigenvalue weighted by Crippen LogP contribution is -2.38. The molecule has 0 spiro atoms. The van der Waals surface area contributed by atoms with E-state index < -0.39 is 27.4 Å². The van der Waals surface area contributed by atoms with Crippen LogP contribution in [0.15, 0.2) is 29.3 Å². The van der Waals surface area contributed by atoms with Gasteiger partial charge in [0.2, 0.25) is 0 Å². The molecular formula is C19H25N3O5S2. The fourth-order valence-electron chi connectivity index (χ4n) is 3.18. The molecular weight excluding hydrogens is 414 g/mol. The maximum atomic E-state index is 12.3. The Hall–Kier alpha value is -2.07. The highest BCUT2D eigenvalue weighted by Gasteiger charge is 2.49. The molecule has 8 nitrogen and oxygen atoms in total. The Balaban J connectivity index is 1.77. The largest absolute Gasteiger partial charge is 0.444 e. The molecule has 0 aliphatic carbocycles. The van der Waals surface area contributed by atoms with Crippen LogP contribution in [-0.4, -0.2) is 60.5 Å². The number of alkyl carbamates (subject to hydrolysis) is 1. The Kier molecular flexibility index (Phi) is 5.96. The van der Waals surface area contributed by atoms with Crippen molar-refractivity contribution in [2.24, 2.45) is 4.99 Å². The zero-order valence-corrected chi connectivity index (χ0v) is 18.5. The summed E-state index contributed by atoms with van der Waals surface area (Å²) < 4.78 is 29.3. The van der Waals surface area contributed by atoms with Crippen molar-refractivity contribution in [3.8, 4) is 0 Å². The molecule has 2 heterocycles. The fourth-order valence-corrected chi connectivity index (χ4v) is 7.11. The average Bonchev–Trinajstić information content (AvgIpc) is 3.03. The van der Waals surface area contributed by atoms with Gasteiger partial charge in [0, 0.05) is 10.9 Å². The van der Waals surface area contributed by atoms with E-state index >= 15 is 0 Å². The molecule has 2 unspecified atom stereocenters. The maximum Gasteiger partial charge on any atom is 0.408 e. The lowest BCUT2D eigenvalue weighted by Gasteiger charge is -2.24. The normalized spacial score (nSPS) is 24.4. The van der Waals surface area contributed by atoms with Crippen LogP contribution in [0.25, 0.3) is 0 Å². The third-order valence-corrected chi connectivity index (χ3v) is 7.59. The number of fused-ring (bicyclic) bond motifs is 1. The van der Waals surface area contributed by atoms with Crippen molar-refractivity contribution in [3.05, 3.63) is 29.8 Å². The number of nitrogens with zero attached hydrogens (tertiary/aromatic N) is 2. The summed E-state index contributed by atoms with van der Waals surface area (Å²) in [5.74, 6) is -0.436. The lowest BCUT2D eigenvalue weighted by atomic mass is 10.1. The number of hydrogen-bond donors (Lipinski definition) is 1. The highest BCUT2D eigenvalue weighted by atomic mass is 32.2. The van der Waals surface area contributed by atoms with Gasteiger partial charge < -0.3 is 15.0 Å². The van der Waals surface area contributed by atoms with Crippen LogP contribution in [0.3, 0.4) is 0 Å². The van der Waals surface area contributed by atoms with E-state index in [1.54, 1.807) is 20.8 Å². The average molecular weight is 440 g/mol. The number of aliphatic imine (C=N–C) groups is 1. The monoisotopic (exact) mass is 439 g/mol. The fraction of sp³-hybridized carbons (Fsp3) is 0.526. The smallest absolute Gasteiger partial charge is 0.408 e. The number of nitrogens with one attached hydrogen (secondary N) is 1. The van der Waals surface area contributed by atoms with Crippen molar-refractivity contribution in [1.82, 2.24) is 5.32 Å². The second-order valence-electron chi connectivity index (χ2n) is 8.15. The van der Waals surface area contributed by atoms with Crippen LogP contribution in [-0.2, 0) is 19.4 Å². The molecule has 0 radical (unpaired) electrons. The Bertz CT molecular complexity index is 936. The topological polar surface area (TPSA) is 105 Å². The minimum absolute atomic E-state index is 0.0297. The van der Waals surface area contributed by atoms with Gasteiger partial charge in [-0.1, -0.05) is 29.5 Å². The molecule has 0 bridgehead atoms. The summed E-state index contributed by atoms with van der Waals surface area (Å²) >= 11 is 1.30. The van der Waals surface area contributed by atoms with E-state index in [1.807, 2.05) is 36.1 Å². The van der Waals surface area contributed by atoms with Crippen LogP contribution in [0.5, 0.6) is 0 Å². The van der Waals surface area contributed by atoms with E-state index in [0.717, 1.165) is 11.3 Å². The number of benzene rings is 1. The second kappa shape index (κ2) is 7.98. The van der Waals surface area contributed by atoms with Crippen LogP contribution in [0.1, 0.15) is 26.3 Å². The number of carbonyl (C=O) groups is 2. The maximum absolute atomic E-state index is 12.3. The molecule has 2 aliphatic rings. The Morgan fingerprint density at radius 1 is 1.24 bits per heavy atom. The quantitative estimate of drug-likeness (QED) is 0.769. The summed E-state index contributed by atoms with van der Waals surface area (Å²) in [5, 5.41) is 2.68. The van der Waals surface area contributed by atoms with E-state index in [1.165, 1.54) is 11.8 Å². The van der Waals surface area contributed by atoms with Crippen molar-refractivity contribution in [2.75, 3.05) is 23.0 Å². The van der Waals surface area contributed by atoms with E-state index in [0.29, 0.717) is 5.17 Å². The number of carbonyl (C=O) groups excluding carboxylic acids is 2. The van der Waals surface area contributed by atoms with Gasteiger partial charge in [0.15, 0.2) is 15.0 Å². The summed E-state index contributed by atoms with van der Waals surface area (Å²) in [6.45, 7) is 6.86. The van der Waals surface area contributed by atoms with Crippen LogP contribution in [0.2, 0.25) is 0 Å². The van der Waals surface area contributed by atoms with Gasteiger partial charge in [-0.2, -0.15) is 4.99 Å². The SMILES string of the molecule is Cc1ccc(N2C(=NC(=O)CNC(=O)OC(C)(C)C)SC3CS(=O)(=O)CC32)cc1. The summed E-state index contributed by atoms with van der Waals surface area (Å²) in [5.41, 5.74) is 1.21. The lowest BCUT2D eigenvalue weighted by molar-refractivity contribution is -0.117. The number of amidine groups is 1. The molecule has 2 aliphatic heterocycles. The molecule has 2 atom stereocenters. The Labute approximate surface area is 175 Å². The number of amides is 2. The highest BCUT2D eigenvalue weighted by molar-refractivity contribution is 8.16. The molecule has 1 aromatic rings. The molecule has 1 aromatic carbocycles. The van der Waals surface area contributed by atoms with Gasteiger partial charge in [-0.3, -0.25) is 4.79 Å². The molecule has 2 fully saturated rings. The molecule has 0 saturated carbocycles. The van der Waals surface area contributed by atoms with Crippen LogP contribution in [0.4, 0.5) is 10.5 Å². The number of sulfone groups is 1. The first-order valence-corrected chi connectivity index (χ1v) is 11.9. The van der Waals surface area contributed by atoms with Gasteiger partial charge in [-0.05, 0) is 39.8 Å². The Morgan fingerprint density at radius 3 is 2.52 bits per heavy atom. The van der Waals surface area contributed by atoms with Crippen molar-refractivity contribution >= 4 is 44.5 Å². The molecule has 29 heavy (non-hydrogen) atoms. The number of aryl methyl sites for hydroxylation is 1. The van der Waals surface area contributed by atoms with E-state index in [4.69, 9.17) is 4.74 Å². The molecule has 3 rings (SSSR count). The third-order valence-electron chi connectivity index (χ3n) is 4.38. The zero-order valence-electron chi connectivity index (χ0n) is 16.8. The van der Waals surface area contributed by atoms with Crippen molar-refractivity contribution < 1.29 is 22.7 Å². The molecule has 10 heteroatoms. The van der Waals surface area contributed by atoms with Crippen LogP contribution >= 0.6 is 11.8 Å². The first-order chi connectivity index (χ1) is 13.4. The summed E-state index contributed by atoms with van der Waals surface area (Å²) in [6, 6.07) is 7.38. The van der Waals surface area contributed by atoms with E-state index in [9.17, 15) is 18.0 Å². The predicted molar refractivity (Wildman–Crippen MR) is 114 cm³/mol. The summed E-state index contributed by atoms with van der Waals surface area (Å²) in [6.07, 6.45) is -0.691. The number of rotatable bonds is 3. The molecule has 2 saturated heterocycles. The standard InChI is InChI=1S/C19H25N3O5S2/c1-12-5-7-13(8-6-12)22-14-10-29(25,26)11-15(14)28-17(22)21-16(23)9-20-18(24)27-19(2,3)4/h5-8,14-15H,9-11H2,1-4H3,(H,20,24). The number of thioether (sulfide) groups is 1. The second-order valence-corrected chi connectivity index (χ2v) is 11.5. The third kappa shape index (κ3) is 5.51. The summed E-state index contributed by atoms with van der Waals surface area (Å²) in [7, 11) is -3.12. The minimum Gasteiger partial charge on any atom is -0.444 e. The van der Waals surface area contributed by atoms with E-state index in [-0.39, 0.29) is 29.3 Å². The van der Waals surface area contributed by atoms with Gasteiger partial charge in [0.25, 0.3) is 5.91 Å². The van der Waals surface area contributed by atoms with Crippen LogP contribution < -0.4 is 10.2 Å². The number of ether oxygens (including phenoxy) is 1. The molecule has 158 valence electrons. The van der Waals surface area contributed by atoms with Crippen molar-refractivity contribution in [3.63, 3.8) is 0 Å². The van der Waals surface area contributed by atoms with Crippen LogP contribution in [0, 0.1) is 6.92 Å². The zero-order chi connectivity index (χ0) is 21.4. The van der Waals surface area contributed by atoms with Gasteiger partial charge in [0.05, 0.1) is 17.5 Å². The Morgan fingerprint density at radius 2 is 1.90 bits per heavy atom. The number of anilines is 1. The predicted octanol–water partition coefficient (Wildman–Crippen LogP) is 2.12. The van der Waals surface area contributed by atoms with Gasteiger partial charge >= 0.3 is 6.09 Å².